The zero-order valence-electron chi connectivity index (χ0n) is 17.6. The van der Waals surface area contributed by atoms with Crippen molar-refractivity contribution >= 4 is 12.0 Å². The first kappa shape index (κ1) is 24.0. The van der Waals surface area contributed by atoms with Crippen LogP contribution >= 0.6 is 0 Å². The minimum atomic E-state index is -1.13. The Morgan fingerprint density at radius 2 is 1.93 bits per heavy atom. The highest BCUT2D eigenvalue weighted by Gasteiger charge is 2.27. The van der Waals surface area contributed by atoms with Crippen LogP contribution in [0.4, 0.5) is 13.6 Å². The Labute approximate surface area is 175 Å². The van der Waals surface area contributed by atoms with Crippen LogP contribution in [-0.2, 0) is 16.0 Å². The Bertz CT molecular complexity index is 719. The maximum atomic E-state index is 13.6. The Balaban J connectivity index is 2.08. The number of hydrogen-bond acceptors (Lipinski definition) is 5. The molecule has 168 valence electrons. The lowest BCUT2D eigenvalue weighted by molar-refractivity contribution is -0.123. The monoisotopic (exact) mass is 427 g/mol. The smallest absolute Gasteiger partial charge is 0.407 e. The first-order valence-electron chi connectivity index (χ1n) is 10.2. The Kier molecular flexibility index (Phi) is 8.54. The van der Waals surface area contributed by atoms with Crippen molar-refractivity contribution in [1.29, 1.82) is 0 Å². The highest BCUT2D eigenvalue weighted by atomic mass is 19.1. The summed E-state index contributed by atoms with van der Waals surface area (Å²) >= 11 is 0. The zero-order valence-corrected chi connectivity index (χ0v) is 17.6. The molecule has 0 aliphatic carbocycles. The van der Waals surface area contributed by atoms with E-state index >= 15 is 0 Å². The van der Waals surface area contributed by atoms with E-state index in [2.05, 4.69) is 16.0 Å². The molecule has 1 aromatic carbocycles. The van der Waals surface area contributed by atoms with E-state index in [0.717, 1.165) is 31.0 Å². The molecule has 2 amide bonds. The van der Waals surface area contributed by atoms with Gasteiger partial charge in [0, 0.05) is 19.2 Å². The molecule has 0 aromatic heterocycles. The van der Waals surface area contributed by atoms with E-state index in [0.29, 0.717) is 13.0 Å². The fourth-order valence-corrected chi connectivity index (χ4v) is 3.26. The first-order chi connectivity index (χ1) is 14.0. The molecule has 1 aliphatic rings. The van der Waals surface area contributed by atoms with Gasteiger partial charge in [0.25, 0.3) is 0 Å². The first-order valence-corrected chi connectivity index (χ1v) is 10.2. The Hall–Kier alpha value is -2.26. The van der Waals surface area contributed by atoms with Gasteiger partial charge in [-0.15, -0.1) is 0 Å². The lowest BCUT2D eigenvalue weighted by Crippen LogP contribution is -2.52. The van der Waals surface area contributed by atoms with Gasteiger partial charge in [0.1, 0.15) is 17.2 Å². The molecule has 4 N–H and O–H groups in total. The normalized spacial score (nSPS) is 19.4. The molecule has 1 fully saturated rings. The average molecular weight is 427 g/mol. The average Bonchev–Trinajstić information content (AvgIpc) is 2.80. The van der Waals surface area contributed by atoms with Crippen LogP contribution in [-0.4, -0.2) is 54.0 Å². The van der Waals surface area contributed by atoms with E-state index in [1.54, 1.807) is 20.8 Å². The number of rotatable bonds is 7. The molecule has 0 radical (unpaired) electrons. The summed E-state index contributed by atoms with van der Waals surface area (Å²) in [5, 5.41) is 19.1. The van der Waals surface area contributed by atoms with Crippen LogP contribution in [0, 0.1) is 11.6 Å². The predicted octanol–water partition coefficient (Wildman–Crippen LogP) is 2.02. The van der Waals surface area contributed by atoms with Crippen molar-refractivity contribution in [3.63, 3.8) is 0 Å². The summed E-state index contributed by atoms with van der Waals surface area (Å²) in [6, 6.07) is 1.71. The molecular formula is C21H31F2N3O4. The van der Waals surface area contributed by atoms with E-state index in [1.165, 1.54) is 0 Å². The fraction of sp³-hybridized carbons (Fsp3) is 0.619. The molecule has 0 spiro atoms. The SMILES string of the molecule is CC(C)(C)OC(=O)NC(Cc1cc(F)cc(F)c1)C(O)CNC1CCCCNC1=O. The van der Waals surface area contributed by atoms with Crippen molar-refractivity contribution < 1.29 is 28.2 Å². The van der Waals surface area contributed by atoms with E-state index < -0.39 is 41.5 Å². The molecule has 1 saturated heterocycles. The van der Waals surface area contributed by atoms with Gasteiger partial charge in [-0.3, -0.25) is 4.79 Å². The standard InChI is InChI=1S/C21H31F2N3O4/c1-21(2,3)30-20(29)26-17(10-13-8-14(22)11-15(23)9-13)18(27)12-25-16-6-4-5-7-24-19(16)28/h8-9,11,16-18,25,27H,4-7,10,12H2,1-3H3,(H,24,28)(H,26,29). The van der Waals surface area contributed by atoms with Gasteiger partial charge in [-0.25, -0.2) is 13.6 Å². The second-order valence-electron chi connectivity index (χ2n) is 8.55. The highest BCUT2D eigenvalue weighted by molar-refractivity contribution is 5.81. The third-order valence-electron chi connectivity index (χ3n) is 4.65. The van der Waals surface area contributed by atoms with Crippen molar-refractivity contribution in [2.24, 2.45) is 0 Å². The van der Waals surface area contributed by atoms with Gasteiger partial charge in [0.2, 0.25) is 5.91 Å². The number of aliphatic hydroxyl groups is 1. The minimum absolute atomic E-state index is 0.0103. The van der Waals surface area contributed by atoms with Crippen LogP contribution in [0.25, 0.3) is 0 Å². The van der Waals surface area contributed by atoms with E-state index in [1.807, 2.05) is 0 Å². The number of carbonyl (C=O) groups excluding carboxylic acids is 2. The number of ether oxygens (including phenoxy) is 1. The van der Waals surface area contributed by atoms with Gasteiger partial charge in [-0.05, 0) is 64.2 Å². The number of alkyl carbamates (subject to hydrolysis) is 1. The number of aliphatic hydroxyl groups excluding tert-OH is 1. The van der Waals surface area contributed by atoms with Crippen molar-refractivity contribution in [1.82, 2.24) is 16.0 Å². The number of nitrogens with one attached hydrogen (secondary N) is 3. The predicted molar refractivity (Wildman–Crippen MR) is 108 cm³/mol. The molecule has 3 atom stereocenters. The highest BCUT2D eigenvalue weighted by Crippen LogP contribution is 2.14. The maximum Gasteiger partial charge on any atom is 0.407 e. The van der Waals surface area contributed by atoms with Crippen molar-refractivity contribution in [2.45, 2.75) is 70.2 Å². The number of carbonyl (C=O) groups is 2. The number of halogens is 2. The molecule has 30 heavy (non-hydrogen) atoms. The third-order valence-corrected chi connectivity index (χ3v) is 4.65. The van der Waals surface area contributed by atoms with Crippen LogP contribution in [0.2, 0.25) is 0 Å². The quantitative estimate of drug-likeness (QED) is 0.534. The van der Waals surface area contributed by atoms with Crippen LogP contribution in [0.3, 0.4) is 0 Å². The van der Waals surface area contributed by atoms with Crippen LogP contribution in [0.1, 0.15) is 45.6 Å². The zero-order chi connectivity index (χ0) is 22.3. The van der Waals surface area contributed by atoms with Gasteiger partial charge in [-0.2, -0.15) is 0 Å². The topological polar surface area (TPSA) is 99.7 Å². The van der Waals surface area contributed by atoms with Gasteiger partial charge >= 0.3 is 6.09 Å². The van der Waals surface area contributed by atoms with Crippen LogP contribution in [0.5, 0.6) is 0 Å². The lowest BCUT2D eigenvalue weighted by Gasteiger charge is -2.28. The lowest BCUT2D eigenvalue weighted by atomic mass is 10.0. The summed E-state index contributed by atoms with van der Waals surface area (Å²) in [4.78, 5) is 24.3. The number of hydrogen-bond donors (Lipinski definition) is 4. The van der Waals surface area contributed by atoms with Gasteiger partial charge in [0.05, 0.1) is 18.2 Å². The second-order valence-corrected chi connectivity index (χ2v) is 8.55. The molecule has 0 bridgehead atoms. The minimum Gasteiger partial charge on any atom is -0.444 e. The van der Waals surface area contributed by atoms with Gasteiger partial charge in [-0.1, -0.05) is 0 Å². The molecule has 2 rings (SSSR count). The summed E-state index contributed by atoms with van der Waals surface area (Å²) in [5.74, 6) is -1.63. The summed E-state index contributed by atoms with van der Waals surface area (Å²) < 4.78 is 32.4. The van der Waals surface area contributed by atoms with Crippen molar-refractivity contribution in [3.8, 4) is 0 Å². The van der Waals surface area contributed by atoms with E-state index in [4.69, 9.17) is 4.74 Å². The van der Waals surface area contributed by atoms with Crippen molar-refractivity contribution in [2.75, 3.05) is 13.1 Å². The van der Waals surface area contributed by atoms with E-state index in [-0.39, 0.29) is 24.4 Å². The summed E-state index contributed by atoms with van der Waals surface area (Å²) in [6.07, 6.45) is 0.496. The second kappa shape index (κ2) is 10.7. The number of benzene rings is 1. The molecule has 0 saturated carbocycles. The van der Waals surface area contributed by atoms with Gasteiger partial charge in [0.15, 0.2) is 0 Å². The maximum absolute atomic E-state index is 13.6. The molecule has 1 aliphatic heterocycles. The van der Waals surface area contributed by atoms with Gasteiger partial charge < -0.3 is 25.8 Å². The molecule has 7 nitrogen and oxygen atoms in total. The van der Waals surface area contributed by atoms with Crippen LogP contribution in [0.15, 0.2) is 18.2 Å². The summed E-state index contributed by atoms with van der Waals surface area (Å²) in [5.41, 5.74) is -0.471. The summed E-state index contributed by atoms with van der Waals surface area (Å²) in [7, 11) is 0. The van der Waals surface area contributed by atoms with Crippen LogP contribution < -0.4 is 16.0 Å². The third kappa shape index (κ3) is 8.23. The van der Waals surface area contributed by atoms with E-state index in [9.17, 15) is 23.5 Å². The number of amides is 2. The Morgan fingerprint density at radius 1 is 1.27 bits per heavy atom. The largest absolute Gasteiger partial charge is 0.444 e. The molecular weight excluding hydrogens is 396 g/mol. The molecule has 1 aromatic rings. The molecule has 9 heteroatoms. The fourth-order valence-electron chi connectivity index (χ4n) is 3.26. The van der Waals surface area contributed by atoms with Crippen molar-refractivity contribution in [3.05, 3.63) is 35.4 Å². The molecule has 3 unspecified atom stereocenters. The summed E-state index contributed by atoms with van der Waals surface area (Å²) in [6.45, 7) is 5.73. The molecule has 1 heterocycles. The Morgan fingerprint density at radius 3 is 2.57 bits per heavy atom.